The van der Waals surface area contributed by atoms with Crippen LogP contribution in [-0.4, -0.2) is 6.04 Å². The summed E-state index contributed by atoms with van der Waals surface area (Å²) in [6, 6.07) is 0.564. The van der Waals surface area contributed by atoms with E-state index in [9.17, 15) is 0 Å². The summed E-state index contributed by atoms with van der Waals surface area (Å²) in [5, 5.41) is 0. The second kappa shape index (κ2) is 11.5. The number of hydrogen-bond acceptors (Lipinski definition) is 2. The van der Waals surface area contributed by atoms with Gasteiger partial charge in [-0.3, -0.25) is 11.3 Å². The summed E-state index contributed by atoms with van der Waals surface area (Å²) in [6.07, 6.45) is 16.6. The first-order valence-electron chi connectivity index (χ1n) is 9.65. The van der Waals surface area contributed by atoms with Gasteiger partial charge in [0.2, 0.25) is 0 Å². The minimum absolute atomic E-state index is 0.564. The molecule has 1 atom stereocenters. The van der Waals surface area contributed by atoms with Crippen molar-refractivity contribution >= 4 is 0 Å². The second-order valence-corrected chi connectivity index (χ2v) is 7.60. The Morgan fingerprint density at radius 2 is 1.38 bits per heavy atom. The number of hydrazine groups is 1. The monoisotopic (exact) mass is 296 g/mol. The highest BCUT2D eigenvalue weighted by atomic mass is 15.2. The van der Waals surface area contributed by atoms with Crippen molar-refractivity contribution in [1.29, 1.82) is 0 Å². The fraction of sp³-hybridized carbons (Fsp3) is 1.00. The topological polar surface area (TPSA) is 38.0 Å². The van der Waals surface area contributed by atoms with Crippen molar-refractivity contribution in [2.24, 2.45) is 23.6 Å². The third-order valence-electron chi connectivity index (χ3n) is 5.66. The molecule has 0 spiro atoms. The first-order valence-corrected chi connectivity index (χ1v) is 9.65. The third kappa shape index (κ3) is 7.65. The van der Waals surface area contributed by atoms with Gasteiger partial charge in [0.15, 0.2) is 0 Å². The summed E-state index contributed by atoms with van der Waals surface area (Å²) in [5.74, 6) is 8.47. The van der Waals surface area contributed by atoms with Crippen LogP contribution in [0.15, 0.2) is 0 Å². The Hall–Kier alpha value is -0.0800. The molecule has 1 fully saturated rings. The molecule has 1 unspecified atom stereocenters. The van der Waals surface area contributed by atoms with Crippen LogP contribution in [0.1, 0.15) is 97.8 Å². The molecule has 0 amide bonds. The fourth-order valence-electron chi connectivity index (χ4n) is 3.99. The zero-order valence-electron chi connectivity index (χ0n) is 14.9. The Morgan fingerprint density at radius 3 is 1.90 bits per heavy atom. The van der Waals surface area contributed by atoms with Gasteiger partial charge in [-0.1, -0.05) is 65.7 Å². The Bertz CT molecular complexity index is 232. The lowest BCUT2D eigenvalue weighted by Crippen LogP contribution is -2.42. The van der Waals surface area contributed by atoms with E-state index < -0.39 is 0 Å². The zero-order chi connectivity index (χ0) is 15.5. The van der Waals surface area contributed by atoms with Gasteiger partial charge in [0.25, 0.3) is 0 Å². The van der Waals surface area contributed by atoms with E-state index in [1.165, 1.54) is 77.0 Å². The molecule has 0 aromatic heterocycles. The summed E-state index contributed by atoms with van der Waals surface area (Å²) in [4.78, 5) is 0. The van der Waals surface area contributed by atoms with E-state index in [4.69, 9.17) is 5.84 Å². The minimum atomic E-state index is 0.564. The van der Waals surface area contributed by atoms with Crippen molar-refractivity contribution < 1.29 is 0 Å². The van der Waals surface area contributed by atoms with Crippen LogP contribution in [0.25, 0.3) is 0 Å². The molecule has 0 bridgehead atoms. The van der Waals surface area contributed by atoms with E-state index in [0.29, 0.717) is 6.04 Å². The highest BCUT2D eigenvalue weighted by Gasteiger charge is 2.27. The summed E-state index contributed by atoms with van der Waals surface area (Å²) in [7, 11) is 0. The summed E-state index contributed by atoms with van der Waals surface area (Å²) in [5.41, 5.74) is 3.13. The van der Waals surface area contributed by atoms with E-state index >= 15 is 0 Å². The Kier molecular flexibility index (Phi) is 10.4. The van der Waals surface area contributed by atoms with Crippen molar-refractivity contribution in [2.45, 2.75) is 104 Å². The van der Waals surface area contributed by atoms with Crippen LogP contribution in [0.5, 0.6) is 0 Å². The smallest absolute Gasteiger partial charge is 0.0238 e. The van der Waals surface area contributed by atoms with Crippen molar-refractivity contribution in [3.05, 3.63) is 0 Å². The lowest BCUT2D eigenvalue weighted by atomic mass is 9.74. The van der Waals surface area contributed by atoms with E-state index in [1.54, 1.807) is 0 Å². The standard InChI is InChI=1S/C19H40N2/c1-4-5-6-7-8-9-10-11-19(21-20)18-14-12-17(13-15-18)16(2)3/h16-19,21H,4-15,20H2,1-3H3. The Morgan fingerprint density at radius 1 is 0.857 bits per heavy atom. The summed E-state index contributed by atoms with van der Waals surface area (Å²) in [6.45, 7) is 7.04. The highest BCUT2D eigenvalue weighted by Crippen LogP contribution is 2.35. The van der Waals surface area contributed by atoms with Gasteiger partial charge in [0.1, 0.15) is 0 Å². The number of unbranched alkanes of at least 4 members (excludes halogenated alkanes) is 6. The van der Waals surface area contributed by atoms with Crippen LogP contribution in [0.3, 0.4) is 0 Å². The number of hydrogen-bond donors (Lipinski definition) is 2. The van der Waals surface area contributed by atoms with Crippen LogP contribution in [0, 0.1) is 17.8 Å². The lowest BCUT2D eigenvalue weighted by molar-refractivity contribution is 0.182. The van der Waals surface area contributed by atoms with Gasteiger partial charge in [0.05, 0.1) is 0 Å². The molecular weight excluding hydrogens is 256 g/mol. The average molecular weight is 297 g/mol. The molecule has 1 saturated carbocycles. The third-order valence-corrected chi connectivity index (χ3v) is 5.66. The molecule has 1 rings (SSSR count). The predicted octanol–water partition coefficient (Wildman–Crippen LogP) is 5.42. The summed E-state index contributed by atoms with van der Waals surface area (Å²) < 4.78 is 0. The minimum Gasteiger partial charge on any atom is -0.271 e. The molecule has 2 nitrogen and oxygen atoms in total. The van der Waals surface area contributed by atoms with E-state index in [0.717, 1.165) is 17.8 Å². The molecule has 0 aromatic rings. The van der Waals surface area contributed by atoms with Crippen LogP contribution in [-0.2, 0) is 0 Å². The normalized spacial score (nSPS) is 24.4. The van der Waals surface area contributed by atoms with Gasteiger partial charge >= 0.3 is 0 Å². The molecule has 3 N–H and O–H groups in total. The van der Waals surface area contributed by atoms with Crippen molar-refractivity contribution in [1.82, 2.24) is 5.43 Å². The first-order chi connectivity index (χ1) is 10.2. The molecule has 0 radical (unpaired) electrons. The van der Waals surface area contributed by atoms with Gasteiger partial charge in [-0.05, 0) is 49.9 Å². The van der Waals surface area contributed by atoms with Gasteiger partial charge in [-0.15, -0.1) is 0 Å². The van der Waals surface area contributed by atoms with Gasteiger partial charge in [-0.2, -0.15) is 0 Å². The zero-order valence-corrected chi connectivity index (χ0v) is 14.9. The van der Waals surface area contributed by atoms with Crippen LogP contribution < -0.4 is 11.3 Å². The molecule has 0 heterocycles. The molecule has 21 heavy (non-hydrogen) atoms. The van der Waals surface area contributed by atoms with Crippen LogP contribution >= 0.6 is 0 Å². The number of rotatable bonds is 11. The molecule has 1 aliphatic carbocycles. The van der Waals surface area contributed by atoms with Gasteiger partial charge in [-0.25, -0.2) is 0 Å². The first kappa shape index (κ1) is 19.0. The van der Waals surface area contributed by atoms with Gasteiger partial charge < -0.3 is 0 Å². The molecule has 126 valence electrons. The van der Waals surface area contributed by atoms with Crippen molar-refractivity contribution in [2.75, 3.05) is 0 Å². The van der Waals surface area contributed by atoms with E-state index in [1.807, 2.05) is 0 Å². The summed E-state index contributed by atoms with van der Waals surface area (Å²) >= 11 is 0. The average Bonchev–Trinajstić information content (AvgIpc) is 2.50. The van der Waals surface area contributed by atoms with Crippen LogP contribution in [0.2, 0.25) is 0 Å². The second-order valence-electron chi connectivity index (χ2n) is 7.60. The van der Waals surface area contributed by atoms with Crippen molar-refractivity contribution in [3.8, 4) is 0 Å². The quantitative estimate of drug-likeness (QED) is 0.303. The van der Waals surface area contributed by atoms with Crippen LogP contribution in [0.4, 0.5) is 0 Å². The molecule has 0 aromatic carbocycles. The molecular formula is C19H40N2. The Balaban J connectivity index is 2.11. The van der Waals surface area contributed by atoms with E-state index in [2.05, 4.69) is 26.2 Å². The maximum atomic E-state index is 5.83. The molecule has 1 aliphatic rings. The maximum Gasteiger partial charge on any atom is 0.0238 e. The molecule has 2 heteroatoms. The van der Waals surface area contributed by atoms with Crippen molar-refractivity contribution in [3.63, 3.8) is 0 Å². The highest BCUT2D eigenvalue weighted by molar-refractivity contribution is 4.81. The Labute approximate surface area is 133 Å². The molecule has 0 saturated heterocycles. The lowest BCUT2D eigenvalue weighted by Gasteiger charge is -2.35. The fourth-order valence-corrected chi connectivity index (χ4v) is 3.99. The largest absolute Gasteiger partial charge is 0.271 e. The van der Waals surface area contributed by atoms with Gasteiger partial charge in [0, 0.05) is 6.04 Å². The molecule has 0 aliphatic heterocycles. The predicted molar refractivity (Wildman–Crippen MR) is 94.0 cm³/mol. The SMILES string of the molecule is CCCCCCCCCC(NN)C1CCC(C(C)C)CC1. The maximum absolute atomic E-state index is 5.83. The number of nitrogens with two attached hydrogens (primary N) is 1. The van der Waals surface area contributed by atoms with E-state index in [-0.39, 0.29) is 0 Å². The number of nitrogens with one attached hydrogen (secondary N) is 1.